The Kier molecular flexibility index (Phi) is 7.61. The Morgan fingerprint density at radius 2 is 1.83 bits per heavy atom. The number of thioether (sulfide) groups is 1. The molecular weight excluding hydrogens is 387 g/mol. The summed E-state index contributed by atoms with van der Waals surface area (Å²) in [7, 11) is 0. The lowest BCUT2D eigenvalue weighted by Crippen LogP contribution is -2.35. The minimum absolute atomic E-state index is 0.162. The van der Waals surface area contributed by atoms with Gasteiger partial charge >= 0.3 is 0 Å². The second-order valence-corrected chi connectivity index (χ2v) is 8.23. The molecule has 0 atom stereocenters. The van der Waals surface area contributed by atoms with Gasteiger partial charge in [0, 0.05) is 56.1 Å². The van der Waals surface area contributed by atoms with Crippen molar-refractivity contribution in [3.05, 3.63) is 52.6 Å². The Morgan fingerprint density at radius 1 is 1.10 bits per heavy atom. The molecule has 1 aliphatic heterocycles. The molecule has 2 heterocycles. The van der Waals surface area contributed by atoms with Gasteiger partial charge in [-0.3, -0.25) is 9.69 Å². The molecule has 2 aromatic rings. The van der Waals surface area contributed by atoms with Gasteiger partial charge < -0.3 is 4.90 Å². The van der Waals surface area contributed by atoms with Gasteiger partial charge in [-0.15, -0.1) is 0 Å². The molecule has 0 aliphatic carbocycles. The minimum atomic E-state index is -0.162. The van der Waals surface area contributed by atoms with E-state index in [4.69, 9.17) is 0 Å². The molecule has 0 N–H and O–H groups in total. The van der Waals surface area contributed by atoms with Crippen LogP contribution in [0.2, 0.25) is 0 Å². The molecule has 1 aromatic carbocycles. The molecule has 1 amide bonds. The maximum atomic E-state index is 13.9. The van der Waals surface area contributed by atoms with E-state index in [2.05, 4.69) is 14.9 Å². The molecule has 0 spiro atoms. The van der Waals surface area contributed by atoms with Crippen LogP contribution in [0.5, 0.6) is 0 Å². The number of rotatable bonds is 6. The maximum absolute atomic E-state index is 13.9. The molecule has 7 heteroatoms. The van der Waals surface area contributed by atoms with Crippen molar-refractivity contribution in [3.8, 4) is 0 Å². The van der Waals surface area contributed by atoms with Crippen molar-refractivity contribution in [3.63, 3.8) is 0 Å². The summed E-state index contributed by atoms with van der Waals surface area (Å²) in [5, 5.41) is 0.775. The summed E-state index contributed by atoms with van der Waals surface area (Å²) in [5.41, 5.74) is 3.71. The van der Waals surface area contributed by atoms with Crippen LogP contribution in [0, 0.1) is 19.7 Å². The second-order valence-electron chi connectivity index (χ2n) is 7.46. The van der Waals surface area contributed by atoms with Gasteiger partial charge in [-0.05, 0) is 44.6 Å². The summed E-state index contributed by atoms with van der Waals surface area (Å²) in [5.74, 6) is 0.00983. The highest BCUT2D eigenvalue weighted by Crippen LogP contribution is 2.18. The molecule has 5 nitrogen and oxygen atoms in total. The van der Waals surface area contributed by atoms with Crippen molar-refractivity contribution in [1.29, 1.82) is 0 Å². The predicted molar refractivity (Wildman–Crippen MR) is 114 cm³/mol. The molecule has 0 bridgehead atoms. The number of hydrogen-bond acceptors (Lipinski definition) is 5. The highest BCUT2D eigenvalue weighted by molar-refractivity contribution is 7.98. The van der Waals surface area contributed by atoms with Crippen LogP contribution in [-0.2, 0) is 17.8 Å². The molecule has 1 aliphatic rings. The molecule has 0 radical (unpaired) electrons. The topological polar surface area (TPSA) is 49.3 Å². The van der Waals surface area contributed by atoms with E-state index in [0.717, 1.165) is 48.2 Å². The van der Waals surface area contributed by atoms with Gasteiger partial charge in [-0.25, -0.2) is 14.4 Å². The van der Waals surface area contributed by atoms with Crippen molar-refractivity contribution in [2.75, 3.05) is 32.4 Å². The van der Waals surface area contributed by atoms with E-state index in [1.165, 1.54) is 17.8 Å². The third kappa shape index (κ3) is 5.76. The number of halogens is 1. The van der Waals surface area contributed by atoms with E-state index in [1.807, 2.05) is 37.1 Å². The quantitative estimate of drug-likeness (QED) is 0.532. The molecule has 1 aromatic heterocycles. The van der Waals surface area contributed by atoms with Crippen LogP contribution < -0.4 is 0 Å². The standard InChI is InChI=1S/C22H29FN4OS/c1-16-19(17(2)25-22(24-16)29-3)9-10-21(28)27-12-6-11-26(13-14-27)15-18-7-4-5-8-20(18)23/h4-5,7-8H,6,9-15H2,1-3H3. The lowest BCUT2D eigenvalue weighted by Gasteiger charge is -2.22. The number of nitrogens with zero attached hydrogens (tertiary/aromatic N) is 4. The molecule has 1 fully saturated rings. The highest BCUT2D eigenvalue weighted by atomic mass is 32.2. The first kappa shape index (κ1) is 21.7. The lowest BCUT2D eigenvalue weighted by molar-refractivity contribution is -0.131. The highest BCUT2D eigenvalue weighted by Gasteiger charge is 2.20. The number of aromatic nitrogens is 2. The SMILES string of the molecule is CSc1nc(C)c(CCC(=O)N2CCCN(Cc3ccccc3F)CC2)c(C)n1. The van der Waals surface area contributed by atoms with E-state index < -0.39 is 0 Å². The van der Waals surface area contributed by atoms with Crippen LogP contribution in [0.1, 0.15) is 35.4 Å². The summed E-state index contributed by atoms with van der Waals surface area (Å²) in [6.45, 7) is 7.65. The Hall–Kier alpha value is -1.99. The minimum Gasteiger partial charge on any atom is -0.341 e. The van der Waals surface area contributed by atoms with Crippen LogP contribution in [0.25, 0.3) is 0 Å². The number of aryl methyl sites for hydroxylation is 2. The molecule has 29 heavy (non-hydrogen) atoms. The maximum Gasteiger partial charge on any atom is 0.222 e. The van der Waals surface area contributed by atoms with E-state index in [1.54, 1.807) is 6.07 Å². The molecule has 0 saturated carbocycles. The summed E-state index contributed by atoms with van der Waals surface area (Å²) >= 11 is 1.53. The van der Waals surface area contributed by atoms with E-state index in [0.29, 0.717) is 31.5 Å². The fourth-order valence-electron chi connectivity index (χ4n) is 3.80. The molecule has 1 saturated heterocycles. The Balaban J connectivity index is 1.54. The van der Waals surface area contributed by atoms with Gasteiger partial charge in [-0.2, -0.15) is 0 Å². The fourth-order valence-corrected chi connectivity index (χ4v) is 4.25. The Labute approximate surface area is 176 Å². The lowest BCUT2D eigenvalue weighted by atomic mass is 10.1. The van der Waals surface area contributed by atoms with Gasteiger partial charge in [0.05, 0.1) is 0 Å². The summed E-state index contributed by atoms with van der Waals surface area (Å²) in [6.07, 6.45) is 4.01. The first-order valence-electron chi connectivity index (χ1n) is 10.1. The summed E-state index contributed by atoms with van der Waals surface area (Å²) < 4.78 is 13.9. The van der Waals surface area contributed by atoms with Crippen LogP contribution in [0.15, 0.2) is 29.4 Å². The van der Waals surface area contributed by atoms with Crippen LogP contribution >= 0.6 is 11.8 Å². The average Bonchev–Trinajstić information content (AvgIpc) is 2.94. The van der Waals surface area contributed by atoms with Crippen molar-refractivity contribution in [2.24, 2.45) is 0 Å². The average molecular weight is 417 g/mol. The normalized spacial score (nSPS) is 15.4. The van der Waals surface area contributed by atoms with Crippen molar-refractivity contribution >= 4 is 17.7 Å². The van der Waals surface area contributed by atoms with Gasteiger partial charge in [-0.1, -0.05) is 30.0 Å². The van der Waals surface area contributed by atoms with Crippen molar-refractivity contribution < 1.29 is 9.18 Å². The number of hydrogen-bond donors (Lipinski definition) is 0. The van der Waals surface area contributed by atoms with Crippen LogP contribution in [0.4, 0.5) is 4.39 Å². The number of carbonyl (C=O) groups is 1. The largest absolute Gasteiger partial charge is 0.341 e. The second kappa shape index (κ2) is 10.2. The van der Waals surface area contributed by atoms with E-state index in [-0.39, 0.29) is 11.7 Å². The van der Waals surface area contributed by atoms with Crippen LogP contribution in [0.3, 0.4) is 0 Å². The number of carbonyl (C=O) groups excluding carboxylic acids is 1. The van der Waals surface area contributed by atoms with Gasteiger partial charge in [0.2, 0.25) is 5.91 Å². The van der Waals surface area contributed by atoms with Gasteiger partial charge in [0.25, 0.3) is 0 Å². The van der Waals surface area contributed by atoms with E-state index >= 15 is 0 Å². The summed E-state index contributed by atoms with van der Waals surface area (Å²) in [6, 6.07) is 6.91. The molecular formula is C22H29FN4OS. The first-order chi connectivity index (χ1) is 14.0. The van der Waals surface area contributed by atoms with Gasteiger partial charge in [0.15, 0.2) is 5.16 Å². The zero-order valence-corrected chi connectivity index (χ0v) is 18.3. The van der Waals surface area contributed by atoms with Crippen LogP contribution in [-0.4, -0.2) is 58.1 Å². The zero-order valence-electron chi connectivity index (χ0n) is 17.4. The van der Waals surface area contributed by atoms with Gasteiger partial charge in [0.1, 0.15) is 5.82 Å². The first-order valence-corrected chi connectivity index (χ1v) is 11.3. The van der Waals surface area contributed by atoms with Crippen molar-refractivity contribution in [1.82, 2.24) is 19.8 Å². The smallest absolute Gasteiger partial charge is 0.222 e. The van der Waals surface area contributed by atoms with E-state index in [9.17, 15) is 9.18 Å². The zero-order chi connectivity index (χ0) is 20.8. The third-order valence-electron chi connectivity index (χ3n) is 5.46. The Bertz CT molecular complexity index is 837. The number of benzene rings is 1. The molecule has 156 valence electrons. The Morgan fingerprint density at radius 3 is 2.52 bits per heavy atom. The third-order valence-corrected chi connectivity index (χ3v) is 6.01. The fraction of sp³-hybridized carbons (Fsp3) is 0.500. The van der Waals surface area contributed by atoms with Crippen molar-refractivity contribution in [2.45, 2.75) is 44.8 Å². The molecule has 0 unspecified atom stereocenters. The summed E-state index contributed by atoms with van der Waals surface area (Å²) in [4.78, 5) is 26.0. The predicted octanol–water partition coefficient (Wildman–Crippen LogP) is 3.62. The number of amides is 1. The monoisotopic (exact) mass is 416 g/mol. The molecule has 3 rings (SSSR count).